The molecule has 90 valence electrons. The van der Waals surface area contributed by atoms with Gasteiger partial charge in [-0.3, -0.25) is 0 Å². The van der Waals surface area contributed by atoms with Crippen LogP contribution in [-0.2, 0) is 0 Å². The van der Waals surface area contributed by atoms with Gasteiger partial charge in [0.1, 0.15) is 0 Å². The molecule has 0 bridgehead atoms. The van der Waals surface area contributed by atoms with Crippen LogP contribution in [0.4, 0.5) is 5.82 Å². The van der Waals surface area contributed by atoms with Crippen molar-refractivity contribution in [1.82, 2.24) is 4.98 Å². The first-order valence-corrected chi connectivity index (χ1v) is 5.28. The summed E-state index contributed by atoms with van der Waals surface area (Å²) in [7, 11) is 0. The molecule has 3 N–H and O–H groups in total. The summed E-state index contributed by atoms with van der Waals surface area (Å²) in [6.07, 6.45) is 0.905. The smallest absolute Gasteiger partial charge is 0.168 e. The van der Waals surface area contributed by atoms with Crippen LogP contribution in [0.25, 0.3) is 0 Å². The maximum Gasteiger partial charge on any atom is 0.168 e. The van der Waals surface area contributed by atoms with Crippen molar-refractivity contribution in [2.45, 2.75) is 26.1 Å². The fourth-order valence-corrected chi connectivity index (χ4v) is 1.15. The number of hydrogen-bond donors (Lipinski definition) is 3. The molecule has 5 heteroatoms. The van der Waals surface area contributed by atoms with Crippen LogP contribution in [0.15, 0.2) is 18.3 Å². The van der Waals surface area contributed by atoms with Crippen LogP contribution in [0, 0.1) is 0 Å². The van der Waals surface area contributed by atoms with E-state index in [1.165, 1.54) is 0 Å². The van der Waals surface area contributed by atoms with E-state index >= 15 is 0 Å². The zero-order chi connectivity index (χ0) is 12.0. The third-order valence-electron chi connectivity index (χ3n) is 1.85. The molecule has 0 saturated heterocycles. The molecule has 1 atom stereocenters. The second-order valence-electron chi connectivity index (χ2n) is 3.73. The summed E-state index contributed by atoms with van der Waals surface area (Å²) < 4.78 is 5.54. The van der Waals surface area contributed by atoms with Crippen LogP contribution in [0.2, 0.25) is 0 Å². The fourth-order valence-electron chi connectivity index (χ4n) is 1.15. The Kier molecular flexibility index (Phi) is 5.01. The first kappa shape index (κ1) is 12.7. The number of ether oxygens (including phenoxy) is 1. The summed E-state index contributed by atoms with van der Waals surface area (Å²) in [6.45, 7) is 3.82. The Morgan fingerprint density at radius 2 is 2.25 bits per heavy atom. The average Bonchev–Trinajstić information content (AvgIpc) is 2.26. The highest BCUT2D eigenvalue weighted by molar-refractivity contribution is 5.49. The first-order chi connectivity index (χ1) is 7.63. The minimum Gasteiger partial charge on any atom is -0.487 e. The first-order valence-electron chi connectivity index (χ1n) is 5.28. The van der Waals surface area contributed by atoms with Crippen molar-refractivity contribution in [1.29, 1.82) is 0 Å². The van der Waals surface area contributed by atoms with E-state index in [2.05, 4.69) is 10.3 Å². The molecular weight excluding hydrogens is 208 g/mol. The summed E-state index contributed by atoms with van der Waals surface area (Å²) in [6, 6.07) is 3.59. The Morgan fingerprint density at radius 3 is 2.88 bits per heavy atom. The van der Waals surface area contributed by atoms with E-state index in [9.17, 15) is 5.11 Å². The van der Waals surface area contributed by atoms with E-state index < -0.39 is 6.10 Å². The van der Waals surface area contributed by atoms with Gasteiger partial charge >= 0.3 is 0 Å². The predicted molar refractivity (Wildman–Crippen MR) is 61.6 cm³/mol. The second-order valence-corrected chi connectivity index (χ2v) is 3.73. The van der Waals surface area contributed by atoms with E-state index in [0.717, 1.165) is 0 Å². The molecule has 0 saturated carbocycles. The van der Waals surface area contributed by atoms with Gasteiger partial charge in [0.15, 0.2) is 11.6 Å². The number of nitrogens with zero attached hydrogens (tertiary/aromatic N) is 1. The minimum atomic E-state index is -0.797. The van der Waals surface area contributed by atoms with Gasteiger partial charge in [0.2, 0.25) is 0 Å². The molecule has 1 rings (SSSR count). The molecule has 1 heterocycles. The summed E-state index contributed by atoms with van der Waals surface area (Å²) in [4.78, 5) is 4.11. The predicted octanol–water partition coefficient (Wildman–Crippen LogP) is 0.634. The van der Waals surface area contributed by atoms with Gasteiger partial charge in [0.25, 0.3) is 0 Å². The standard InChI is InChI=1S/C11H18N2O3/c1-8(2)16-10-4-3-5-12-11(10)13-6-9(15)7-14/h3-5,8-9,14-15H,6-7H2,1-2H3,(H,12,13). The van der Waals surface area contributed by atoms with Gasteiger partial charge in [0, 0.05) is 12.7 Å². The lowest BCUT2D eigenvalue weighted by Crippen LogP contribution is -2.23. The van der Waals surface area contributed by atoms with E-state index in [0.29, 0.717) is 11.6 Å². The molecule has 0 aliphatic heterocycles. The van der Waals surface area contributed by atoms with Crippen LogP contribution < -0.4 is 10.1 Å². The van der Waals surface area contributed by atoms with E-state index in [1.807, 2.05) is 13.8 Å². The van der Waals surface area contributed by atoms with Gasteiger partial charge < -0.3 is 20.3 Å². The third-order valence-corrected chi connectivity index (χ3v) is 1.85. The Bertz CT molecular complexity index is 318. The fraction of sp³-hybridized carbons (Fsp3) is 0.545. The van der Waals surface area contributed by atoms with Gasteiger partial charge in [-0.15, -0.1) is 0 Å². The molecule has 16 heavy (non-hydrogen) atoms. The van der Waals surface area contributed by atoms with E-state index in [1.54, 1.807) is 18.3 Å². The van der Waals surface area contributed by atoms with Crippen molar-refractivity contribution in [3.63, 3.8) is 0 Å². The summed E-state index contributed by atoms with van der Waals surface area (Å²) >= 11 is 0. The zero-order valence-corrected chi connectivity index (χ0v) is 9.55. The number of aliphatic hydroxyl groups is 2. The van der Waals surface area contributed by atoms with Crippen molar-refractivity contribution in [3.05, 3.63) is 18.3 Å². The summed E-state index contributed by atoms with van der Waals surface area (Å²) in [5.41, 5.74) is 0. The normalized spacial score (nSPS) is 12.6. The largest absolute Gasteiger partial charge is 0.487 e. The average molecular weight is 226 g/mol. The van der Waals surface area contributed by atoms with Crippen LogP contribution >= 0.6 is 0 Å². The lowest BCUT2D eigenvalue weighted by Gasteiger charge is -2.15. The zero-order valence-electron chi connectivity index (χ0n) is 9.55. The minimum absolute atomic E-state index is 0.0625. The molecular formula is C11H18N2O3. The van der Waals surface area contributed by atoms with Gasteiger partial charge in [0.05, 0.1) is 18.8 Å². The molecule has 1 aromatic heterocycles. The molecule has 1 unspecified atom stereocenters. The summed E-state index contributed by atoms with van der Waals surface area (Å²) in [5, 5.41) is 20.8. The van der Waals surface area contributed by atoms with E-state index in [4.69, 9.17) is 9.84 Å². The number of anilines is 1. The van der Waals surface area contributed by atoms with Crippen molar-refractivity contribution in [2.24, 2.45) is 0 Å². The highest BCUT2D eigenvalue weighted by Crippen LogP contribution is 2.21. The topological polar surface area (TPSA) is 74.6 Å². The van der Waals surface area contributed by atoms with Gasteiger partial charge in [-0.1, -0.05) is 0 Å². The molecule has 5 nitrogen and oxygen atoms in total. The molecule has 0 radical (unpaired) electrons. The molecule has 1 aromatic rings. The maximum atomic E-state index is 9.21. The molecule has 0 aliphatic carbocycles. The molecule has 0 amide bonds. The van der Waals surface area contributed by atoms with Gasteiger partial charge in [-0.05, 0) is 26.0 Å². The lowest BCUT2D eigenvalue weighted by atomic mass is 10.3. The highest BCUT2D eigenvalue weighted by Gasteiger charge is 2.08. The Balaban J connectivity index is 2.63. The Hall–Kier alpha value is -1.33. The van der Waals surface area contributed by atoms with E-state index in [-0.39, 0.29) is 19.3 Å². The number of rotatable bonds is 6. The number of aromatic nitrogens is 1. The third kappa shape index (κ3) is 4.04. The van der Waals surface area contributed by atoms with Crippen LogP contribution in [0.5, 0.6) is 5.75 Å². The number of aliphatic hydroxyl groups excluding tert-OH is 2. The van der Waals surface area contributed by atoms with Crippen LogP contribution in [-0.4, -0.2) is 40.6 Å². The van der Waals surface area contributed by atoms with Crippen molar-refractivity contribution >= 4 is 5.82 Å². The Labute approximate surface area is 95.1 Å². The number of nitrogens with one attached hydrogen (secondary N) is 1. The molecule has 0 aliphatic rings. The van der Waals surface area contributed by atoms with Crippen molar-refractivity contribution in [3.8, 4) is 5.75 Å². The van der Waals surface area contributed by atoms with Crippen molar-refractivity contribution < 1.29 is 14.9 Å². The number of hydrogen-bond acceptors (Lipinski definition) is 5. The molecule has 0 fully saturated rings. The van der Waals surface area contributed by atoms with Crippen LogP contribution in [0.1, 0.15) is 13.8 Å². The highest BCUT2D eigenvalue weighted by atomic mass is 16.5. The van der Waals surface area contributed by atoms with Crippen LogP contribution in [0.3, 0.4) is 0 Å². The number of pyridine rings is 1. The van der Waals surface area contributed by atoms with Gasteiger partial charge in [-0.25, -0.2) is 4.98 Å². The van der Waals surface area contributed by atoms with Crippen molar-refractivity contribution in [2.75, 3.05) is 18.5 Å². The molecule has 0 aromatic carbocycles. The lowest BCUT2D eigenvalue weighted by molar-refractivity contribution is 0.105. The van der Waals surface area contributed by atoms with Gasteiger partial charge in [-0.2, -0.15) is 0 Å². The summed E-state index contributed by atoms with van der Waals surface area (Å²) in [5.74, 6) is 1.21. The second kappa shape index (κ2) is 6.30. The quantitative estimate of drug-likeness (QED) is 0.663. The monoisotopic (exact) mass is 226 g/mol. The SMILES string of the molecule is CC(C)Oc1cccnc1NCC(O)CO. The Morgan fingerprint density at radius 1 is 1.50 bits per heavy atom. The molecule has 0 spiro atoms. The maximum absolute atomic E-state index is 9.21.